The monoisotopic (exact) mass is 368 g/mol. The predicted octanol–water partition coefficient (Wildman–Crippen LogP) is 2.02. The van der Waals surface area contributed by atoms with Crippen molar-refractivity contribution in [3.63, 3.8) is 0 Å². The highest BCUT2D eigenvalue weighted by atomic mass is 16.5. The first-order valence-corrected chi connectivity index (χ1v) is 9.38. The van der Waals surface area contributed by atoms with E-state index in [0.29, 0.717) is 30.8 Å². The van der Waals surface area contributed by atoms with Gasteiger partial charge in [-0.15, -0.1) is 0 Å². The van der Waals surface area contributed by atoms with Crippen LogP contribution < -0.4 is 10.1 Å². The summed E-state index contributed by atoms with van der Waals surface area (Å²) in [4.78, 5) is 31.1. The summed E-state index contributed by atoms with van der Waals surface area (Å²) in [5.41, 5.74) is -0.0272. The van der Waals surface area contributed by atoms with E-state index in [2.05, 4.69) is 10.3 Å². The molecule has 1 aromatic heterocycles. The van der Waals surface area contributed by atoms with Crippen LogP contribution in [0.15, 0.2) is 43.0 Å². The van der Waals surface area contributed by atoms with Crippen molar-refractivity contribution in [2.45, 2.75) is 37.8 Å². The Morgan fingerprint density at radius 3 is 3.07 bits per heavy atom. The molecule has 142 valence electrons. The van der Waals surface area contributed by atoms with Gasteiger partial charge in [-0.05, 0) is 31.9 Å². The molecule has 0 aliphatic carbocycles. The van der Waals surface area contributed by atoms with Gasteiger partial charge in [0.15, 0.2) is 0 Å². The molecule has 2 amide bonds. The van der Waals surface area contributed by atoms with Crippen LogP contribution in [0, 0.1) is 0 Å². The summed E-state index contributed by atoms with van der Waals surface area (Å²) >= 11 is 0. The van der Waals surface area contributed by atoms with E-state index in [-0.39, 0.29) is 17.9 Å². The Bertz CT molecular complexity index is 836. The summed E-state index contributed by atoms with van der Waals surface area (Å²) in [5.74, 6) is 0.566. The van der Waals surface area contributed by atoms with Gasteiger partial charge in [-0.25, -0.2) is 4.98 Å². The van der Waals surface area contributed by atoms with Gasteiger partial charge in [0.1, 0.15) is 11.4 Å². The molecule has 27 heavy (non-hydrogen) atoms. The number of carbonyl (C=O) groups excluding carboxylic acids is 2. The molecule has 1 fully saturated rings. The highest BCUT2D eigenvalue weighted by Gasteiger charge is 2.42. The van der Waals surface area contributed by atoms with E-state index in [1.165, 1.54) is 0 Å². The standard InChI is InChI=1S/C20H24N4O3/c1-15(24-10-8-21-14-24)11-18(25)23-9-4-7-20(13-23)12-22-19(26)16-5-2-3-6-17(16)27-20/h2-3,5-6,8,10,14-15H,4,7,9,11-13H2,1H3,(H,22,26)/t15-,20+/m1/s1. The second-order valence-electron chi connectivity index (χ2n) is 7.45. The second-order valence-corrected chi connectivity index (χ2v) is 7.45. The molecule has 3 heterocycles. The normalized spacial score (nSPS) is 23.1. The van der Waals surface area contributed by atoms with Gasteiger partial charge < -0.3 is 19.5 Å². The van der Waals surface area contributed by atoms with Crippen molar-refractivity contribution >= 4 is 11.8 Å². The lowest BCUT2D eigenvalue weighted by Crippen LogP contribution is -2.58. The number of ether oxygens (including phenoxy) is 1. The number of para-hydroxylation sites is 1. The van der Waals surface area contributed by atoms with Crippen LogP contribution in [0.3, 0.4) is 0 Å². The number of imidazole rings is 1. The number of carbonyl (C=O) groups is 2. The zero-order valence-electron chi connectivity index (χ0n) is 15.4. The number of hydrogen-bond acceptors (Lipinski definition) is 4. The number of fused-ring (bicyclic) bond motifs is 1. The minimum Gasteiger partial charge on any atom is -0.483 e. The lowest BCUT2D eigenvalue weighted by molar-refractivity contribution is -0.137. The van der Waals surface area contributed by atoms with Gasteiger partial charge >= 0.3 is 0 Å². The molecular formula is C20H24N4O3. The molecule has 7 nitrogen and oxygen atoms in total. The summed E-state index contributed by atoms with van der Waals surface area (Å²) in [6.45, 7) is 3.62. The average Bonchev–Trinajstić information content (AvgIpc) is 3.18. The topological polar surface area (TPSA) is 76.5 Å². The highest BCUT2D eigenvalue weighted by molar-refractivity contribution is 5.97. The first kappa shape index (κ1) is 17.6. The highest BCUT2D eigenvalue weighted by Crippen LogP contribution is 2.32. The van der Waals surface area contributed by atoms with Crippen molar-refractivity contribution < 1.29 is 14.3 Å². The molecule has 2 aromatic rings. The maximum absolute atomic E-state index is 12.9. The fraction of sp³-hybridized carbons (Fsp3) is 0.450. The van der Waals surface area contributed by atoms with Crippen LogP contribution in [0.4, 0.5) is 0 Å². The zero-order chi connectivity index (χ0) is 18.9. The van der Waals surface area contributed by atoms with Gasteiger partial charge in [0.2, 0.25) is 5.91 Å². The summed E-state index contributed by atoms with van der Waals surface area (Å²) in [5, 5.41) is 2.97. The smallest absolute Gasteiger partial charge is 0.255 e. The molecule has 0 unspecified atom stereocenters. The lowest BCUT2D eigenvalue weighted by atomic mass is 9.92. The molecule has 1 aromatic carbocycles. The maximum atomic E-state index is 12.9. The SMILES string of the molecule is C[C@H](CC(=O)N1CCC[C@]2(CNC(=O)c3ccccc3O2)C1)n1ccnc1. The molecule has 0 bridgehead atoms. The Labute approximate surface area is 158 Å². The van der Waals surface area contributed by atoms with E-state index in [1.807, 2.05) is 40.8 Å². The van der Waals surface area contributed by atoms with Crippen molar-refractivity contribution in [2.75, 3.05) is 19.6 Å². The largest absolute Gasteiger partial charge is 0.483 e. The Kier molecular flexibility index (Phi) is 4.59. The molecule has 2 aliphatic heterocycles. The van der Waals surface area contributed by atoms with Crippen LogP contribution in [0.5, 0.6) is 5.75 Å². The number of benzene rings is 1. The first-order valence-electron chi connectivity index (χ1n) is 9.38. The van der Waals surface area contributed by atoms with Gasteiger partial charge in [0.25, 0.3) is 5.91 Å². The third-order valence-corrected chi connectivity index (χ3v) is 5.43. The zero-order valence-corrected chi connectivity index (χ0v) is 15.4. The van der Waals surface area contributed by atoms with Crippen LogP contribution >= 0.6 is 0 Å². The minimum absolute atomic E-state index is 0.0494. The number of likely N-dealkylation sites (tertiary alicyclic amines) is 1. The third kappa shape index (κ3) is 3.54. The Morgan fingerprint density at radius 1 is 1.41 bits per heavy atom. The van der Waals surface area contributed by atoms with Gasteiger partial charge in [0.05, 0.1) is 25.0 Å². The number of nitrogens with zero attached hydrogens (tertiary/aromatic N) is 3. The molecule has 2 aliphatic rings. The number of hydrogen-bond donors (Lipinski definition) is 1. The second kappa shape index (κ2) is 7.06. The molecule has 0 radical (unpaired) electrons. The number of aromatic nitrogens is 2. The van der Waals surface area contributed by atoms with E-state index < -0.39 is 5.60 Å². The van der Waals surface area contributed by atoms with Crippen LogP contribution in [0.1, 0.15) is 42.6 Å². The van der Waals surface area contributed by atoms with E-state index in [1.54, 1.807) is 18.6 Å². The van der Waals surface area contributed by atoms with Crippen LogP contribution in [0.2, 0.25) is 0 Å². The number of piperidine rings is 1. The molecule has 0 saturated carbocycles. The summed E-state index contributed by atoms with van der Waals surface area (Å²) in [7, 11) is 0. The fourth-order valence-electron chi connectivity index (χ4n) is 3.91. The molecular weight excluding hydrogens is 344 g/mol. The van der Waals surface area contributed by atoms with Crippen molar-refractivity contribution in [1.82, 2.24) is 19.8 Å². The molecule has 7 heteroatoms. The molecule has 4 rings (SSSR count). The third-order valence-electron chi connectivity index (χ3n) is 5.43. The van der Waals surface area contributed by atoms with E-state index in [0.717, 1.165) is 19.4 Å². The van der Waals surface area contributed by atoms with E-state index >= 15 is 0 Å². The summed E-state index contributed by atoms with van der Waals surface area (Å²) < 4.78 is 8.26. The number of nitrogens with one attached hydrogen (secondary N) is 1. The first-order chi connectivity index (χ1) is 13.1. The van der Waals surface area contributed by atoms with E-state index in [9.17, 15) is 9.59 Å². The minimum atomic E-state index is -0.575. The van der Waals surface area contributed by atoms with Crippen LogP contribution in [-0.2, 0) is 4.79 Å². The van der Waals surface area contributed by atoms with Crippen LogP contribution in [-0.4, -0.2) is 51.5 Å². The quantitative estimate of drug-likeness (QED) is 0.899. The van der Waals surface area contributed by atoms with Crippen LogP contribution in [0.25, 0.3) is 0 Å². The van der Waals surface area contributed by atoms with Gasteiger partial charge in [0, 0.05) is 31.4 Å². The van der Waals surface area contributed by atoms with Crippen molar-refractivity contribution in [3.05, 3.63) is 48.5 Å². The van der Waals surface area contributed by atoms with Crippen molar-refractivity contribution in [3.8, 4) is 5.75 Å². The summed E-state index contributed by atoms with van der Waals surface area (Å²) in [6, 6.07) is 7.33. The molecule has 1 saturated heterocycles. The van der Waals surface area contributed by atoms with Gasteiger partial charge in [-0.3, -0.25) is 9.59 Å². The molecule has 2 atom stereocenters. The Balaban J connectivity index is 1.49. The van der Waals surface area contributed by atoms with Crippen molar-refractivity contribution in [2.24, 2.45) is 0 Å². The average molecular weight is 368 g/mol. The Hall–Kier alpha value is -2.83. The molecule has 1 spiro atoms. The van der Waals surface area contributed by atoms with Crippen molar-refractivity contribution in [1.29, 1.82) is 0 Å². The number of rotatable bonds is 3. The Morgan fingerprint density at radius 2 is 2.26 bits per heavy atom. The summed E-state index contributed by atoms with van der Waals surface area (Å²) in [6.07, 6.45) is 7.39. The predicted molar refractivity (Wildman–Crippen MR) is 99.5 cm³/mol. The maximum Gasteiger partial charge on any atom is 0.255 e. The fourth-order valence-corrected chi connectivity index (χ4v) is 3.91. The van der Waals surface area contributed by atoms with Gasteiger partial charge in [-0.1, -0.05) is 12.1 Å². The molecule has 1 N–H and O–H groups in total. The van der Waals surface area contributed by atoms with Gasteiger partial charge in [-0.2, -0.15) is 0 Å². The van der Waals surface area contributed by atoms with E-state index in [4.69, 9.17) is 4.74 Å². The lowest BCUT2D eigenvalue weighted by Gasteiger charge is -2.42. The number of amides is 2.